The van der Waals surface area contributed by atoms with E-state index in [0.717, 1.165) is 36.1 Å². The Morgan fingerprint density at radius 1 is 1.21 bits per heavy atom. The summed E-state index contributed by atoms with van der Waals surface area (Å²) in [6, 6.07) is 5.80. The van der Waals surface area contributed by atoms with Gasteiger partial charge in [-0.25, -0.2) is 4.98 Å². The van der Waals surface area contributed by atoms with E-state index in [9.17, 15) is 0 Å². The van der Waals surface area contributed by atoms with E-state index in [1.165, 1.54) is 0 Å². The van der Waals surface area contributed by atoms with Crippen LogP contribution < -0.4 is 14.8 Å². The molecular weight excluding hydrogens is 242 g/mol. The highest BCUT2D eigenvalue weighted by Crippen LogP contribution is 2.29. The van der Waals surface area contributed by atoms with Crippen LogP contribution in [0.2, 0.25) is 0 Å². The fraction of sp³-hybridized carbons (Fsp3) is 0.357. The van der Waals surface area contributed by atoms with Crippen molar-refractivity contribution in [3.8, 4) is 11.5 Å². The summed E-state index contributed by atoms with van der Waals surface area (Å²) in [7, 11) is 3.27. The van der Waals surface area contributed by atoms with E-state index in [-0.39, 0.29) is 0 Å². The Balaban J connectivity index is 1.94. The quantitative estimate of drug-likeness (QED) is 0.867. The minimum absolute atomic E-state index is 0.728. The monoisotopic (exact) mass is 261 g/mol. The van der Waals surface area contributed by atoms with Gasteiger partial charge in [0.15, 0.2) is 11.5 Å². The van der Waals surface area contributed by atoms with E-state index in [1.54, 1.807) is 14.2 Å². The number of rotatable bonds is 6. The molecule has 0 unspecified atom stereocenters. The molecule has 0 bridgehead atoms. The summed E-state index contributed by atoms with van der Waals surface area (Å²) in [5.41, 5.74) is 1.01. The lowest BCUT2D eigenvalue weighted by molar-refractivity contribution is 0.355. The number of anilines is 1. The van der Waals surface area contributed by atoms with E-state index < -0.39 is 0 Å². The molecule has 5 nitrogen and oxygen atoms in total. The van der Waals surface area contributed by atoms with Gasteiger partial charge in [0.25, 0.3) is 0 Å². The summed E-state index contributed by atoms with van der Waals surface area (Å²) in [5.74, 6) is 2.49. The minimum atomic E-state index is 0.728. The van der Waals surface area contributed by atoms with E-state index in [1.807, 2.05) is 37.5 Å². The van der Waals surface area contributed by atoms with Crippen molar-refractivity contribution in [1.82, 2.24) is 9.55 Å². The second-order valence-electron chi connectivity index (χ2n) is 4.16. The van der Waals surface area contributed by atoms with Gasteiger partial charge in [0.1, 0.15) is 5.82 Å². The molecule has 0 saturated heterocycles. The van der Waals surface area contributed by atoms with E-state index in [0.29, 0.717) is 0 Å². The Labute approximate surface area is 113 Å². The van der Waals surface area contributed by atoms with Gasteiger partial charge in [-0.3, -0.25) is 0 Å². The van der Waals surface area contributed by atoms with Gasteiger partial charge >= 0.3 is 0 Å². The summed E-state index contributed by atoms with van der Waals surface area (Å²) in [6.45, 7) is 3.70. The number of hydrogen-bond donors (Lipinski definition) is 1. The van der Waals surface area contributed by atoms with Crippen LogP contribution in [-0.2, 0) is 6.54 Å². The summed E-state index contributed by atoms with van der Waals surface area (Å²) in [4.78, 5) is 4.19. The average Bonchev–Trinajstić information content (AvgIpc) is 2.84. The fourth-order valence-corrected chi connectivity index (χ4v) is 1.91. The Kier molecular flexibility index (Phi) is 4.28. The molecule has 0 saturated carbocycles. The molecule has 102 valence electrons. The molecule has 1 heterocycles. The molecule has 19 heavy (non-hydrogen) atoms. The number of hydrogen-bond acceptors (Lipinski definition) is 4. The largest absolute Gasteiger partial charge is 0.493 e. The Morgan fingerprint density at radius 3 is 2.63 bits per heavy atom. The van der Waals surface area contributed by atoms with Crippen molar-refractivity contribution in [2.24, 2.45) is 0 Å². The Bertz CT molecular complexity index is 537. The topological polar surface area (TPSA) is 48.3 Å². The molecule has 2 aromatic rings. The molecule has 0 atom stereocenters. The molecule has 1 aromatic heterocycles. The summed E-state index contributed by atoms with van der Waals surface area (Å²) < 4.78 is 12.6. The van der Waals surface area contributed by atoms with Crippen molar-refractivity contribution < 1.29 is 9.47 Å². The maximum atomic E-state index is 5.27. The van der Waals surface area contributed by atoms with Crippen LogP contribution in [0.1, 0.15) is 5.82 Å². The normalized spacial score (nSPS) is 10.3. The highest BCUT2D eigenvalue weighted by molar-refractivity contribution is 5.54. The third kappa shape index (κ3) is 3.19. The van der Waals surface area contributed by atoms with Crippen LogP contribution >= 0.6 is 0 Å². The summed E-state index contributed by atoms with van der Waals surface area (Å²) in [6.07, 6.45) is 3.79. The average molecular weight is 261 g/mol. The van der Waals surface area contributed by atoms with Gasteiger partial charge in [0, 0.05) is 37.2 Å². The molecule has 0 aliphatic heterocycles. The molecule has 0 fully saturated rings. The molecule has 0 radical (unpaired) electrons. The van der Waals surface area contributed by atoms with E-state index in [2.05, 4.69) is 14.9 Å². The first-order valence-corrected chi connectivity index (χ1v) is 6.18. The first-order chi connectivity index (χ1) is 9.24. The molecule has 0 amide bonds. The molecule has 0 aliphatic carbocycles. The van der Waals surface area contributed by atoms with Gasteiger partial charge in [-0.15, -0.1) is 0 Å². The van der Waals surface area contributed by atoms with E-state index >= 15 is 0 Å². The van der Waals surface area contributed by atoms with Gasteiger partial charge in [-0.05, 0) is 19.1 Å². The SMILES string of the molecule is COc1ccc(NCCn2ccnc2C)cc1OC. The molecule has 5 heteroatoms. The molecule has 1 aromatic carbocycles. The first-order valence-electron chi connectivity index (χ1n) is 6.18. The van der Waals surface area contributed by atoms with Crippen LogP contribution in [0.3, 0.4) is 0 Å². The number of imidazole rings is 1. The van der Waals surface area contributed by atoms with Crippen molar-refractivity contribution in [2.45, 2.75) is 13.5 Å². The van der Waals surface area contributed by atoms with Gasteiger partial charge in [-0.2, -0.15) is 0 Å². The van der Waals surface area contributed by atoms with Crippen LogP contribution in [0.25, 0.3) is 0 Å². The molecule has 0 aliphatic rings. The summed E-state index contributed by atoms with van der Waals surface area (Å²) in [5, 5.41) is 3.35. The zero-order valence-corrected chi connectivity index (χ0v) is 11.5. The smallest absolute Gasteiger partial charge is 0.162 e. The van der Waals surface area contributed by atoms with Crippen LogP contribution in [-0.4, -0.2) is 30.3 Å². The van der Waals surface area contributed by atoms with E-state index in [4.69, 9.17) is 9.47 Å². The number of aryl methyl sites for hydroxylation is 1. The maximum absolute atomic E-state index is 5.27. The highest BCUT2D eigenvalue weighted by Gasteiger charge is 2.04. The molecular formula is C14H19N3O2. The van der Waals surface area contributed by atoms with Crippen molar-refractivity contribution in [2.75, 3.05) is 26.1 Å². The maximum Gasteiger partial charge on any atom is 0.162 e. The van der Waals surface area contributed by atoms with Crippen LogP contribution in [0, 0.1) is 6.92 Å². The molecule has 2 rings (SSSR count). The van der Waals surface area contributed by atoms with Gasteiger partial charge in [0.2, 0.25) is 0 Å². The zero-order chi connectivity index (χ0) is 13.7. The van der Waals surface area contributed by atoms with Crippen molar-refractivity contribution in [3.63, 3.8) is 0 Å². The third-order valence-corrected chi connectivity index (χ3v) is 2.99. The third-order valence-electron chi connectivity index (χ3n) is 2.99. The van der Waals surface area contributed by atoms with Gasteiger partial charge in [0.05, 0.1) is 14.2 Å². The number of methoxy groups -OCH3 is 2. The Morgan fingerprint density at radius 2 is 2.00 bits per heavy atom. The lowest BCUT2D eigenvalue weighted by Crippen LogP contribution is -2.11. The number of nitrogens with one attached hydrogen (secondary N) is 1. The second-order valence-corrected chi connectivity index (χ2v) is 4.16. The number of benzene rings is 1. The lowest BCUT2D eigenvalue weighted by Gasteiger charge is -2.12. The number of ether oxygens (including phenoxy) is 2. The molecule has 0 spiro atoms. The molecule has 1 N–H and O–H groups in total. The van der Waals surface area contributed by atoms with Crippen LogP contribution in [0.5, 0.6) is 11.5 Å². The van der Waals surface area contributed by atoms with Crippen molar-refractivity contribution in [1.29, 1.82) is 0 Å². The van der Waals surface area contributed by atoms with Crippen molar-refractivity contribution >= 4 is 5.69 Å². The first kappa shape index (κ1) is 13.3. The minimum Gasteiger partial charge on any atom is -0.493 e. The highest BCUT2D eigenvalue weighted by atomic mass is 16.5. The fourth-order valence-electron chi connectivity index (χ4n) is 1.91. The lowest BCUT2D eigenvalue weighted by atomic mass is 10.2. The van der Waals surface area contributed by atoms with Gasteiger partial charge < -0.3 is 19.4 Å². The summed E-state index contributed by atoms with van der Waals surface area (Å²) >= 11 is 0. The zero-order valence-electron chi connectivity index (χ0n) is 11.5. The number of aromatic nitrogens is 2. The Hall–Kier alpha value is -2.17. The van der Waals surface area contributed by atoms with Crippen LogP contribution in [0.4, 0.5) is 5.69 Å². The van der Waals surface area contributed by atoms with Crippen molar-refractivity contribution in [3.05, 3.63) is 36.4 Å². The predicted octanol–water partition coefficient (Wildman–Crippen LogP) is 2.32. The predicted molar refractivity (Wildman–Crippen MR) is 75.0 cm³/mol. The standard InChI is InChI=1S/C14H19N3O2/c1-11-15-6-8-17(11)9-7-16-12-4-5-13(18-2)14(10-12)19-3/h4-6,8,10,16H,7,9H2,1-3H3. The van der Waals surface area contributed by atoms with Crippen LogP contribution in [0.15, 0.2) is 30.6 Å². The van der Waals surface area contributed by atoms with Gasteiger partial charge in [-0.1, -0.05) is 0 Å². The number of nitrogens with zero attached hydrogens (tertiary/aromatic N) is 2. The second kappa shape index (κ2) is 6.13.